The van der Waals surface area contributed by atoms with Gasteiger partial charge in [0.15, 0.2) is 0 Å². The lowest BCUT2D eigenvalue weighted by Crippen LogP contribution is -2.01. The third-order valence-corrected chi connectivity index (χ3v) is 4.97. The molecule has 2 rings (SSSR count). The molecule has 29 heavy (non-hydrogen) atoms. The fourth-order valence-electron chi connectivity index (χ4n) is 2.56. The second kappa shape index (κ2) is 9.54. The van der Waals surface area contributed by atoms with Gasteiger partial charge < -0.3 is 0 Å². The molecular weight excluding hydrogens is 408 g/mol. The van der Waals surface area contributed by atoms with E-state index < -0.39 is 19.7 Å². The fourth-order valence-corrected chi connectivity index (χ4v) is 3.49. The zero-order chi connectivity index (χ0) is 21.6. The number of aryl methyl sites for hydroxylation is 2. The van der Waals surface area contributed by atoms with Crippen LogP contribution in [0.4, 0.5) is 22.7 Å². The van der Waals surface area contributed by atoms with Crippen LogP contribution in [0.15, 0.2) is 36.4 Å². The van der Waals surface area contributed by atoms with Crippen molar-refractivity contribution in [3.05, 3.63) is 88.0 Å². The summed E-state index contributed by atoms with van der Waals surface area (Å²) in [6.07, 6.45) is 0.586. The number of benzene rings is 2. The molecule has 0 aromatic heterocycles. The Morgan fingerprint density at radius 3 is 1.31 bits per heavy atom. The Labute approximate surface area is 167 Å². The topological polar surface area (TPSA) is 173 Å². The number of hydrogen-bond donors (Lipinski definition) is 0. The number of nitrogens with zero attached hydrogens (tertiary/aromatic N) is 4. The van der Waals surface area contributed by atoms with E-state index in [1.165, 1.54) is 36.0 Å². The van der Waals surface area contributed by atoms with Crippen LogP contribution in [0.2, 0.25) is 0 Å². The smallest absolute Gasteiger partial charge is 0.258 e. The number of non-ortho nitro benzene ring substituents is 2. The molecule has 0 amide bonds. The molecule has 0 saturated carbocycles. The van der Waals surface area contributed by atoms with Gasteiger partial charge in [-0.15, -0.1) is 0 Å². The molecule has 0 fully saturated rings. The SMILES string of the molecule is O=[N+]([O-])c1ccc(CCSCCc2ccc([N+](=O)[O-])cc2[N+](=O)[O-])c([N+](=O)[O-])c1. The first-order valence-corrected chi connectivity index (χ1v) is 9.27. The molecular formula is C16H14N4O8S. The zero-order valence-corrected chi connectivity index (χ0v) is 15.6. The lowest BCUT2D eigenvalue weighted by Gasteiger charge is -2.05. The molecule has 0 saturated heterocycles. The van der Waals surface area contributed by atoms with Gasteiger partial charge in [0, 0.05) is 23.3 Å². The van der Waals surface area contributed by atoms with Gasteiger partial charge in [-0.1, -0.05) is 0 Å². The lowest BCUT2D eigenvalue weighted by molar-refractivity contribution is -0.394. The molecule has 0 N–H and O–H groups in total. The van der Waals surface area contributed by atoms with Crippen LogP contribution in [0.3, 0.4) is 0 Å². The molecule has 0 spiro atoms. The number of rotatable bonds is 10. The van der Waals surface area contributed by atoms with Crippen molar-refractivity contribution in [1.82, 2.24) is 0 Å². The summed E-state index contributed by atoms with van der Waals surface area (Å²) in [5.41, 5.74) is -0.669. The highest BCUT2D eigenvalue weighted by Gasteiger charge is 2.20. The normalized spacial score (nSPS) is 10.5. The summed E-state index contributed by atoms with van der Waals surface area (Å²) in [5, 5.41) is 43.7. The molecule has 12 nitrogen and oxygen atoms in total. The summed E-state index contributed by atoms with van der Waals surface area (Å²) in [5.74, 6) is 0.916. The number of nitro groups is 4. The van der Waals surface area contributed by atoms with E-state index in [0.29, 0.717) is 35.5 Å². The van der Waals surface area contributed by atoms with Crippen LogP contribution in [0.5, 0.6) is 0 Å². The van der Waals surface area contributed by atoms with Gasteiger partial charge in [-0.25, -0.2) is 0 Å². The molecule has 0 aliphatic carbocycles. The molecule has 2 aromatic carbocycles. The van der Waals surface area contributed by atoms with Gasteiger partial charge in [0.25, 0.3) is 22.7 Å². The summed E-state index contributed by atoms with van der Waals surface area (Å²) >= 11 is 1.39. The Hall–Kier alpha value is -3.61. The predicted octanol–water partition coefficient (Wildman–Crippen LogP) is 3.84. The van der Waals surface area contributed by atoms with Crippen molar-refractivity contribution in [3.8, 4) is 0 Å². The number of thioether (sulfide) groups is 1. The van der Waals surface area contributed by atoms with E-state index in [0.717, 1.165) is 12.1 Å². The molecule has 0 aliphatic rings. The maximum absolute atomic E-state index is 11.1. The molecule has 0 bridgehead atoms. The van der Waals surface area contributed by atoms with Crippen LogP contribution >= 0.6 is 11.8 Å². The van der Waals surface area contributed by atoms with E-state index >= 15 is 0 Å². The van der Waals surface area contributed by atoms with Crippen LogP contribution in [0.1, 0.15) is 11.1 Å². The Bertz CT molecular complexity index is 904. The molecule has 0 aliphatic heterocycles. The van der Waals surface area contributed by atoms with Gasteiger partial charge in [0.05, 0.1) is 31.8 Å². The second-order valence-electron chi connectivity index (χ2n) is 5.77. The average Bonchev–Trinajstić information content (AvgIpc) is 2.67. The van der Waals surface area contributed by atoms with Crippen molar-refractivity contribution in [2.24, 2.45) is 0 Å². The van der Waals surface area contributed by atoms with Crippen molar-refractivity contribution in [3.63, 3.8) is 0 Å². The van der Waals surface area contributed by atoms with E-state index in [-0.39, 0.29) is 22.7 Å². The average molecular weight is 422 g/mol. The summed E-state index contributed by atoms with van der Waals surface area (Å²) in [6, 6.07) is 6.93. The standard InChI is InChI=1S/C16H14N4O8S/c21-17(22)13-3-1-11(15(9-13)19(25)26)5-7-29-8-6-12-2-4-14(18(23)24)10-16(12)20(27)28/h1-4,9-10H,5-8H2. The van der Waals surface area contributed by atoms with Crippen molar-refractivity contribution < 1.29 is 19.7 Å². The van der Waals surface area contributed by atoms with Crippen LogP contribution in [0.25, 0.3) is 0 Å². The highest BCUT2D eigenvalue weighted by molar-refractivity contribution is 7.99. The minimum Gasteiger partial charge on any atom is -0.258 e. The predicted molar refractivity (Wildman–Crippen MR) is 104 cm³/mol. The fraction of sp³-hybridized carbons (Fsp3) is 0.250. The summed E-state index contributed by atoms with van der Waals surface area (Å²) in [6.45, 7) is 0. The first-order valence-electron chi connectivity index (χ1n) is 8.12. The van der Waals surface area contributed by atoms with E-state index in [4.69, 9.17) is 0 Å². The molecule has 0 radical (unpaired) electrons. The molecule has 0 unspecified atom stereocenters. The summed E-state index contributed by atoms with van der Waals surface area (Å²) in [7, 11) is 0. The van der Waals surface area contributed by atoms with Crippen LogP contribution < -0.4 is 0 Å². The number of nitro benzene ring substituents is 4. The maximum Gasteiger partial charge on any atom is 0.279 e. The summed E-state index contributed by atoms with van der Waals surface area (Å²) in [4.78, 5) is 41.0. The van der Waals surface area contributed by atoms with Gasteiger partial charge in [0.1, 0.15) is 0 Å². The molecule has 152 valence electrons. The van der Waals surface area contributed by atoms with Gasteiger partial charge in [-0.3, -0.25) is 40.5 Å². The van der Waals surface area contributed by atoms with E-state index in [9.17, 15) is 40.5 Å². The Kier molecular flexibility index (Phi) is 7.14. The molecule has 0 heterocycles. The highest BCUT2D eigenvalue weighted by atomic mass is 32.2. The maximum atomic E-state index is 11.1. The van der Waals surface area contributed by atoms with E-state index in [1.807, 2.05) is 0 Å². The second-order valence-corrected chi connectivity index (χ2v) is 6.99. The molecule has 2 aromatic rings. The van der Waals surface area contributed by atoms with Crippen molar-refractivity contribution in [1.29, 1.82) is 0 Å². The minimum atomic E-state index is -0.706. The third-order valence-electron chi connectivity index (χ3n) is 3.98. The number of hydrogen-bond acceptors (Lipinski definition) is 9. The minimum absolute atomic E-state index is 0.293. The van der Waals surface area contributed by atoms with Gasteiger partial charge in [0.2, 0.25) is 0 Å². The van der Waals surface area contributed by atoms with Crippen LogP contribution in [-0.2, 0) is 12.8 Å². The quantitative estimate of drug-likeness (QED) is 0.313. The first kappa shape index (κ1) is 21.7. The van der Waals surface area contributed by atoms with Crippen molar-refractivity contribution in [2.45, 2.75) is 12.8 Å². The lowest BCUT2D eigenvalue weighted by atomic mass is 10.1. The van der Waals surface area contributed by atoms with Crippen LogP contribution in [0, 0.1) is 40.5 Å². The van der Waals surface area contributed by atoms with E-state index in [1.54, 1.807) is 0 Å². The Morgan fingerprint density at radius 1 is 0.621 bits per heavy atom. The van der Waals surface area contributed by atoms with Crippen molar-refractivity contribution in [2.75, 3.05) is 11.5 Å². The van der Waals surface area contributed by atoms with Crippen LogP contribution in [-0.4, -0.2) is 31.2 Å². The van der Waals surface area contributed by atoms with Gasteiger partial charge >= 0.3 is 0 Å². The molecule has 13 heteroatoms. The zero-order valence-electron chi connectivity index (χ0n) is 14.8. The molecule has 0 atom stereocenters. The van der Waals surface area contributed by atoms with Gasteiger partial charge in [-0.2, -0.15) is 11.8 Å². The van der Waals surface area contributed by atoms with Crippen molar-refractivity contribution >= 4 is 34.5 Å². The Morgan fingerprint density at radius 2 is 1.00 bits per heavy atom. The monoisotopic (exact) mass is 422 g/mol. The summed E-state index contributed by atoms with van der Waals surface area (Å²) < 4.78 is 0. The third kappa shape index (κ3) is 5.68. The van der Waals surface area contributed by atoms with E-state index in [2.05, 4.69) is 0 Å². The Balaban J connectivity index is 1.97. The highest BCUT2D eigenvalue weighted by Crippen LogP contribution is 2.27. The largest absolute Gasteiger partial charge is 0.279 e. The van der Waals surface area contributed by atoms with Gasteiger partial charge in [-0.05, 0) is 36.5 Å². The first-order chi connectivity index (χ1) is 13.7.